The number of nitro groups is 1. The molecular formula is C13H17IN2O3. The Hall–Kier alpha value is -1.18. The van der Waals surface area contributed by atoms with Crippen molar-refractivity contribution in [2.75, 3.05) is 11.0 Å². The standard InChI is InChI=1S/C13H17IN2O3/c1-10-5-6-11(9-12(10)16(18)19)13(17)15-8-4-2-3-7-14/h5-6,9H,2-4,7-8H2,1H3,(H,15,17). The van der Waals surface area contributed by atoms with Gasteiger partial charge in [0.25, 0.3) is 11.6 Å². The molecule has 0 unspecified atom stereocenters. The summed E-state index contributed by atoms with van der Waals surface area (Å²) in [6, 6.07) is 4.54. The molecule has 0 atom stereocenters. The van der Waals surface area contributed by atoms with E-state index in [0.29, 0.717) is 17.7 Å². The first-order valence-electron chi connectivity index (χ1n) is 6.15. The minimum absolute atomic E-state index is 0.0161. The molecular weight excluding hydrogens is 359 g/mol. The molecule has 0 aliphatic heterocycles. The van der Waals surface area contributed by atoms with Crippen molar-refractivity contribution in [1.29, 1.82) is 0 Å². The van der Waals surface area contributed by atoms with Gasteiger partial charge in [-0.3, -0.25) is 14.9 Å². The molecule has 0 heterocycles. The number of nitrogens with one attached hydrogen (secondary N) is 1. The van der Waals surface area contributed by atoms with Crippen LogP contribution in [0.15, 0.2) is 18.2 Å². The number of carbonyl (C=O) groups is 1. The molecule has 1 amide bonds. The van der Waals surface area contributed by atoms with Gasteiger partial charge >= 0.3 is 0 Å². The van der Waals surface area contributed by atoms with Crippen LogP contribution in [-0.4, -0.2) is 21.8 Å². The SMILES string of the molecule is Cc1ccc(C(=O)NCCCCCI)cc1[N+](=O)[O-]. The fourth-order valence-corrected chi connectivity index (χ4v) is 2.19. The Morgan fingerprint density at radius 1 is 1.37 bits per heavy atom. The van der Waals surface area contributed by atoms with E-state index in [2.05, 4.69) is 27.9 Å². The van der Waals surface area contributed by atoms with Crippen molar-refractivity contribution in [1.82, 2.24) is 5.32 Å². The van der Waals surface area contributed by atoms with Crippen molar-refractivity contribution in [3.05, 3.63) is 39.4 Å². The second-order valence-corrected chi connectivity index (χ2v) is 5.34. The molecule has 0 bridgehead atoms. The van der Waals surface area contributed by atoms with E-state index in [0.717, 1.165) is 23.7 Å². The summed E-state index contributed by atoms with van der Waals surface area (Å²) in [4.78, 5) is 22.2. The topological polar surface area (TPSA) is 72.2 Å². The number of nitrogens with zero attached hydrogens (tertiary/aromatic N) is 1. The van der Waals surface area contributed by atoms with Crippen molar-refractivity contribution < 1.29 is 9.72 Å². The number of aryl methyl sites for hydroxylation is 1. The van der Waals surface area contributed by atoms with Crippen molar-refractivity contribution in [3.63, 3.8) is 0 Å². The predicted octanol–water partition coefficient (Wildman–Crippen LogP) is 3.24. The number of alkyl halides is 1. The van der Waals surface area contributed by atoms with Crippen LogP contribution in [0.25, 0.3) is 0 Å². The smallest absolute Gasteiger partial charge is 0.273 e. The highest BCUT2D eigenvalue weighted by Gasteiger charge is 2.14. The fraction of sp³-hybridized carbons (Fsp3) is 0.462. The van der Waals surface area contributed by atoms with Gasteiger partial charge in [-0.05, 0) is 30.3 Å². The number of unbranched alkanes of at least 4 members (excludes halogenated alkanes) is 2. The molecule has 6 heteroatoms. The average molecular weight is 376 g/mol. The number of rotatable bonds is 7. The van der Waals surface area contributed by atoms with Gasteiger partial charge in [-0.15, -0.1) is 0 Å². The van der Waals surface area contributed by atoms with Crippen LogP contribution in [-0.2, 0) is 0 Å². The zero-order valence-electron chi connectivity index (χ0n) is 10.8. The van der Waals surface area contributed by atoms with Gasteiger partial charge in [0, 0.05) is 23.7 Å². The Morgan fingerprint density at radius 3 is 2.74 bits per heavy atom. The number of nitro benzene ring substituents is 1. The Bertz CT molecular complexity index is 463. The molecule has 1 aromatic rings. The minimum atomic E-state index is -0.466. The lowest BCUT2D eigenvalue weighted by atomic mass is 10.1. The summed E-state index contributed by atoms with van der Waals surface area (Å²) in [6.07, 6.45) is 3.16. The molecule has 0 aliphatic rings. The van der Waals surface area contributed by atoms with Gasteiger partial charge in [0.05, 0.1) is 4.92 Å². The summed E-state index contributed by atoms with van der Waals surface area (Å²) < 4.78 is 1.12. The quantitative estimate of drug-likeness (QED) is 0.261. The second kappa shape index (κ2) is 8.08. The van der Waals surface area contributed by atoms with Gasteiger partial charge < -0.3 is 5.32 Å². The number of hydrogen-bond donors (Lipinski definition) is 1. The van der Waals surface area contributed by atoms with E-state index in [-0.39, 0.29) is 11.6 Å². The third-order valence-corrected chi connectivity index (χ3v) is 3.53. The zero-order chi connectivity index (χ0) is 14.3. The van der Waals surface area contributed by atoms with Crippen molar-refractivity contribution in [2.24, 2.45) is 0 Å². The number of halogens is 1. The van der Waals surface area contributed by atoms with Crippen LogP contribution >= 0.6 is 22.6 Å². The summed E-state index contributed by atoms with van der Waals surface area (Å²) in [5, 5.41) is 13.6. The maximum absolute atomic E-state index is 11.8. The summed E-state index contributed by atoms with van der Waals surface area (Å²) in [5.41, 5.74) is 0.882. The van der Waals surface area contributed by atoms with Crippen LogP contribution in [0.3, 0.4) is 0 Å². The second-order valence-electron chi connectivity index (χ2n) is 4.26. The van der Waals surface area contributed by atoms with Gasteiger partial charge in [0.2, 0.25) is 0 Å². The van der Waals surface area contributed by atoms with E-state index < -0.39 is 4.92 Å². The Morgan fingerprint density at radius 2 is 2.11 bits per heavy atom. The molecule has 0 spiro atoms. The van der Waals surface area contributed by atoms with E-state index in [1.54, 1.807) is 19.1 Å². The lowest BCUT2D eigenvalue weighted by Crippen LogP contribution is -2.24. The molecule has 5 nitrogen and oxygen atoms in total. The Labute approximate surface area is 126 Å². The molecule has 0 saturated heterocycles. The van der Waals surface area contributed by atoms with Crippen LogP contribution in [0.4, 0.5) is 5.69 Å². The molecule has 1 N–H and O–H groups in total. The third-order valence-electron chi connectivity index (χ3n) is 2.76. The monoisotopic (exact) mass is 376 g/mol. The number of hydrogen-bond acceptors (Lipinski definition) is 3. The highest BCUT2D eigenvalue weighted by Crippen LogP contribution is 2.19. The van der Waals surface area contributed by atoms with Crippen molar-refractivity contribution in [2.45, 2.75) is 26.2 Å². The van der Waals surface area contributed by atoms with Gasteiger partial charge in [0.15, 0.2) is 0 Å². The third kappa shape index (κ3) is 5.14. The predicted molar refractivity (Wildman–Crippen MR) is 82.9 cm³/mol. The molecule has 1 aromatic carbocycles. The highest BCUT2D eigenvalue weighted by molar-refractivity contribution is 14.1. The first-order chi connectivity index (χ1) is 9.06. The van der Waals surface area contributed by atoms with Crippen LogP contribution < -0.4 is 5.32 Å². The first-order valence-corrected chi connectivity index (χ1v) is 7.68. The molecule has 0 aliphatic carbocycles. The van der Waals surface area contributed by atoms with Crippen molar-refractivity contribution in [3.8, 4) is 0 Å². The number of amides is 1. The Balaban J connectivity index is 2.57. The molecule has 0 saturated carbocycles. The first kappa shape index (κ1) is 15.9. The molecule has 104 valence electrons. The van der Waals surface area contributed by atoms with E-state index in [1.165, 1.54) is 6.07 Å². The van der Waals surface area contributed by atoms with Gasteiger partial charge in [-0.2, -0.15) is 0 Å². The van der Waals surface area contributed by atoms with Crippen LogP contribution in [0.5, 0.6) is 0 Å². The fourth-order valence-electron chi connectivity index (χ4n) is 1.65. The summed E-state index contributed by atoms with van der Waals surface area (Å²) in [7, 11) is 0. The lowest BCUT2D eigenvalue weighted by molar-refractivity contribution is -0.385. The molecule has 1 rings (SSSR count). The largest absolute Gasteiger partial charge is 0.352 e. The normalized spacial score (nSPS) is 10.2. The zero-order valence-corrected chi connectivity index (χ0v) is 13.0. The summed E-state index contributed by atoms with van der Waals surface area (Å²) in [5.74, 6) is -0.252. The van der Waals surface area contributed by atoms with E-state index >= 15 is 0 Å². The van der Waals surface area contributed by atoms with Gasteiger partial charge in [0.1, 0.15) is 0 Å². The van der Waals surface area contributed by atoms with Gasteiger partial charge in [-0.25, -0.2) is 0 Å². The highest BCUT2D eigenvalue weighted by atomic mass is 127. The molecule has 0 fully saturated rings. The van der Waals surface area contributed by atoms with E-state index in [4.69, 9.17) is 0 Å². The van der Waals surface area contributed by atoms with Gasteiger partial charge in [-0.1, -0.05) is 35.1 Å². The Kier molecular flexibility index (Phi) is 6.75. The molecule has 0 aromatic heterocycles. The van der Waals surface area contributed by atoms with Crippen LogP contribution in [0, 0.1) is 17.0 Å². The van der Waals surface area contributed by atoms with Crippen LogP contribution in [0.2, 0.25) is 0 Å². The molecule has 19 heavy (non-hydrogen) atoms. The summed E-state index contributed by atoms with van der Waals surface area (Å²) >= 11 is 2.32. The van der Waals surface area contributed by atoms with Crippen LogP contribution in [0.1, 0.15) is 35.2 Å². The van der Waals surface area contributed by atoms with Crippen molar-refractivity contribution >= 4 is 34.2 Å². The van der Waals surface area contributed by atoms with E-state index in [9.17, 15) is 14.9 Å². The molecule has 0 radical (unpaired) electrons. The maximum atomic E-state index is 11.8. The maximum Gasteiger partial charge on any atom is 0.273 e. The van der Waals surface area contributed by atoms with E-state index in [1.807, 2.05) is 0 Å². The number of benzene rings is 1. The lowest BCUT2D eigenvalue weighted by Gasteiger charge is -2.05. The average Bonchev–Trinajstić information content (AvgIpc) is 2.38. The summed E-state index contributed by atoms with van der Waals surface area (Å²) in [6.45, 7) is 2.26. The number of carbonyl (C=O) groups excluding carboxylic acids is 1. The minimum Gasteiger partial charge on any atom is -0.352 e.